The van der Waals surface area contributed by atoms with Gasteiger partial charge in [-0.25, -0.2) is 0 Å². The van der Waals surface area contributed by atoms with Crippen LogP contribution >= 0.6 is 11.6 Å². The van der Waals surface area contributed by atoms with Crippen LogP contribution in [0.15, 0.2) is 78.9 Å². The molecule has 2 atom stereocenters. The average Bonchev–Trinajstić information content (AvgIpc) is 2.90. The minimum Gasteiger partial charge on any atom is -0.490 e. The lowest BCUT2D eigenvalue weighted by atomic mass is 9.90. The molecule has 0 bridgehead atoms. The lowest BCUT2D eigenvalue weighted by Gasteiger charge is -2.39. The predicted molar refractivity (Wildman–Crippen MR) is 139 cm³/mol. The number of ether oxygens (including phenoxy) is 1. The van der Waals surface area contributed by atoms with Gasteiger partial charge in [-0.1, -0.05) is 48.0 Å². The molecular formula is C29H28ClF3N2O3. The van der Waals surface area contributed by atoms with Crippen LogP contribution in [0.3, 0.4) is 0 Å². The first kappa shape index (κ1) is 27.5. The van der Waals surface area contributed by atoms with Crippen molar-refractivity contribution in [3.8, 4) is 5.75 Å². The van der Waals surface area contributed by atoms with Crippen molar-refractivity contribution >= 4 is 23.4 Å². The number of benzene rings is 3. The Morgan fingerprint density at radius 3 is 2.42 bits per heavy atom. The third-order valence-corrected chi connectivity index (χ3v) is 6.87. The number of rotatable bonds is 7. The summed E-state index contributed by atoms with van der Waals surface area (Å²) in [7, 11) is 1.72. The monoisotopic (exact) mass is 544 g/mol. The van der Waals surface area contributed by atoms with E-state index in [-0.39, 0.29) is 43.0 Å². The zero-order valence-electron chi connectivity index (χ0n) is 20.8. The number of halogens is 4. The fourth-order valence-electron chi connectivity index (χ4n) is 4.57. The van der Waals surface area contributed by atoms with Crippen molar-refractivity contribution in [2.24, 2.45) is 5.92 Å². The first-order valence-corrected chi connectivity index (χ1v) is 12.6. The third kappa shape index (κ3) is 7.07. The third-order valence-electron chi connectivity index (χ3n) is 6.61. The summed E-state index contributed by atoms with van der Waals surface area (Å²) in [5.41, 5.74) is 0.0732. The van der Waals surface area contributed by atoms with Crippen LogP contribution in [0, 0.1) is 5.92 Å². The van der Waals surface area contributed by atoms with E-state index in [0.29, 0.717) is 23.7 Å². The molecule has 4 rings (SSSR count). The van der Waals surface area contributed by atoms with E-state index in [9.17, 15) is 22.8 Å². The van der Waals surface area contributed by atoms with Gasteiger partial charge in [-0.05, 0) is 48.0 Å². The quantitative estimate of drug-likeness (QED) is 0.350. The Kier molecular flexibility index (Phi) is 8.62. The van der Waals surface area contributed by atoms with E-state index < -0.39 is 17.6 Å². The van der Waals surface area contributed by atoms with Gasteiger partial charge in [0.15, 0.2) is 0 Å². The maximum Gasteiger partial charge on any atom is 0.416 e. The van der Waals surface area contributed by atoms with Gasteiger partial charge in [0.1, 0.15) is 11.9 Å². The van der Waals surface area contributed by atoms with E-state index in [1.54, 1.807) is 36.2 Å². The molecule has 0 unspecified atom stereocenters. The van der Waals surface area contributed by atoms with Crippen molar-refractivity contribution in [2.75, 3.05) is 20.1 Å². The molecule has 3 aromatic rings. The summed E-state index contributed by atoms with van der Waals surface area (Å²) in [6, 6.07) is 20.9. The lowest BCUT2D eigenvalue weighted by molar-refractivity contribution is -0.137. The molecule has 0 saturated carbocycles. The van der Waals surface area contributed by atoms with Crippen LogP contribution in [0.5, 0.6) is 5.75 Å². The topological polar surface area (TPSA) is 49.9 Å². The van der Waals surface area contributed by atoms with Crippen LogP contribution in [-0.4, -0.2) is 47.9 Å². The van der Waals surface area contributed by atoms with E-state index >= 15 is 0 Å². The van der Waals surface area contributed by atoms with Gasteiger partial charge in [0.25, 0.3) is 5.91 Å². The van der Waals surface area contributed by atoms with Crippen molar-refractivity contribution in [3.05, 3.63) is 101 Å². The number of carbonyl (C=O) groups is 2. The van der Waals surface area contributed by atoms with Gasteiger partial charge in [-0.15, -0.1) is 0 Å². The minimum absolute atomic E-state index is 0.0387. The van der Waals surface area contributed by atoms with E-state index in [4.69, 9.17) is 16.3 Å². The number of amides is 2. The number of hydrogen-bond acceptors (Lipinski definition) is 3. The van der Waals surface area contributed by atoms with Crippen molar-refractivity contribution < 1.29 is 27.5 Å². The molecule has 1 fully saturated rings. The summed E-state index contributed by atoms with van der Waals surface area (Å²) >= 11 is 5.98. The molecular weight excluding hydrogens is 517 g/mol. The summed E-state index contributed by atoms with van der Waals surface area (Å²) in [6.07, 6.45) is -4.37. The van der Waals surface area contributed by atoms with Crippen LogP contribution < -0.4 is 4.74 Å². The maximum absolute atomic E-state index is 13.2. The van der Waals surface area contributed by atoms with Crippen LogP contribution in [0.2, 0.25) is 5.02 Å². The van der Waals surface area contributed by atoms with E-state index in [2.05, 4.69) is 0 Å². The number of hydrogen-bond donors (Lipinski definition) is 0. The van der Waals surface area contributed by atoms with Crippen molar-refractivity contribution in [1.29, 1.82) is 0 Å². The van der Waals surface area contributed by atoms with Gasteiger partial charge in [0, 0.05) is 56.0 Å². The molecule has 5 nitrogen and oxygen atoms in total. The maximum atomic E-state index is 13.2. The fraction of sp³-hybridized carbons (Fsp3) is 0.310. The van der Waals surface area contributed by atoms with E-state index in [1.165, 1.54) is 17.0 Å². The molecule has 1 aliphatic heterocycles. The highest BCUT2D eigenvalue weighted by atomic mass is 35.5. The van der Waals surface area contributed by atoms with Crippen LogP contribution in [0.1, 0.15) is 34.3 Å². The highest BCUT2D eigenvalue weighted by Crippen LogP contribution is 2.31. The second-order valence-electron chi connectivity index (χ2n) is 9.43. The Bertz CT molecular complexity index is 1250. The van der Waals surface area contributed by atoms with Gasteiger partial charge in [-0.3, -0.25) is 9.59 Å². The Morgan fingerprint density at radius 2 is 1.74 bits per heavy atom. The van der Waals surface area contributed by atoms with Crippen LogP contribution in [0.4, 0.5) is 13.2 Å². The molecule has 0 spiro atoms. The van der Waals surface area contributed by atoms with E-state index in [0.717, 1.165) is 17.7 Å². The fourth-order valence-corrected chi connectivity index (χ4v) is 4.70. The second kappa shape index (κ2) is 11.9. The smallest absolute Gasteiger partial charge is 0.416 e. The molecule has 0 aliphatic carbocycles. The highest BCUT2D eigenvalue weighted by Gasteiger charge is 2.36. The zero-order chi connectivity index (χ0) is 27.3. The van der Waals surface area contributed by atoms with Crippen molar-refractivity contribution in [1.82, 2.24) is 9.80 Å². The normalized spacial score (nSPS) is 17.7. The minimum atomic E-state index is -4.55. The first-order chi connectivity index (χ1) is 18.1. The average molecular weight is 545 g/mol. The Labute approximate surface area is 224 Å². The number of nitrogens with zero attached hydrogens (tertiary/aromatic N) is 2. The summed E-state index contributed by atoms with van der Waals surface area (Å²) in [5, 5.41) is 0.563. The Balaban J connectivity index is 1.51. The molecule has 200 valence electrons. The lowest BCUT2D eigenvalue weighted by Crippen LogP contribution is -2.49. The van der Waals surface area contributed by atoms with Gasteiger partial charge < -0.3 is 14.5 Å². The molecule has 9 heteroatoms. The molecule has 0 radical (unpaired) electrons. The van der Waals surface area contributed by atoms with Gasteiger partial charge in [0.2, 0.25) is 5.91 Å². The van der Waals surface area contributed by atoms with Gasteiger partial charge >= 0.3 is 6.18 Å². The Morgan fingerprint density at radius 1 is 1.03 bits per heavy atom. The van der Waals surface area contributed by atoms with Gasteiger partial charge in [0.05, 0.1) is 5.56 Å². The number of likely N-dealkylation sites (tertiary alicyclic amines) is 1. The second-order valence-corrected chi connectivity index (χ2v) is 9.86. The van der Waals surface area contributed by atoms with Crippen molar-refractivity contribution in [2.45, 2.75) is 31.7 Å². The molecule has 0 N–H and O–H groups in total. The van der Waals surface area contributed by atoms with Crippen LogP contribution in [0.25, 0.3) is 0 Å². The van der Waals surface area contributed by atoms with Gasteiger partial charge in [-0.2, -0.15) is 13.2 Å². The summed E-state index contributed by atoms with van der Waals surface area (Å²) in [4.78, 5) is 29.5. The van der Waals surface area contributed by atoms with Crippen molar-refractivity contribution in [3.63, 3.8) is 0 Å². The summed E-state index contributed by atoms with van der Waals surface area (Å²) < 4.78 is 45.8. The number of piperidine rings is 1. The Hall–Kier alpha value is -3.52. The first-order valence-electron chi connectivity index (χ1n) is 12.3. The predicted octanol–water partition coefficient (Wildman–Crippen LogP) is 6.32. The number of alkyl halides is 3. The molecule has 38 heavy (non-hydrogen) atoms. The SMILES string of the molecule is CN(Cc1ccccc1)C(=O)C[C@H]1CN(C(=O)c2cccc(C(F)(F)F)c2)CC[C@@H]1Oc1ccc(Cl)cc1. The summed E-state index contributed by atoms with van der Waals surface area (Å²) in [6.45, 7) is 0.901. The molecule has 0 aromatic heterocycles. The molecule has 2 amide bonds. The summed E-state index contributed by atoms with van der Waals surface area (Å²) in [5.74, 6) is -0.389. The highest BCUT2D eigenvalue weighted by molar-refractivity contribution is 6.30. The zero-order valence-corrected chi connectivity index (χ0v) is 21.6. The molecule has 1 heterocycles. The van der Waals surface area contributed by atoms with E-state index in [1.807, 2.05) is 30.3 Å². The largest absolute Gasteiger partial charge is 0.490 e. The molecule has 1 aliphatic rings. The number of carbonyl (C=O) groups excluding carboxylic acids is 2. The standard InChI is InChI=1S/C29H28ClF3N2O3/c1-34(18-20-6-3-2-4-7-20)27(36)17-22-19-35(15-14-26(22)38-25-12-10-24(30)11-13-25)28(37)21-8-5-9-23(16-21)29(31,32)33/h2-13,16,22,26H,14-15,17-19H2,1H3/t22-,26-/m0/s1. The molecule has 3 aromatic carbocycles. The van der Waals surface area contributed by atoms with Crippen LogP contribution in [-0.2, 0) is 17.5 Å². The molecule has 1 saturated heterocycles.